The van der Waals surface area contributed by atoms with Gasteiger partial charge in [0, 0.05) is 23.8 Å². The lowest BCUT2D eigenvalue weighted by Gasteiger charge is -2.38. The Kier molecular flexibility index (Phi) is 7.09. The Balaban J connectivity index is 1.32. The number of methoxy groups -OCH3 is 1. The predicted octanol–water partition coefficient (Wildman–Crippen LogP) is 4.06. The molecule has 6 rings (SSSR count). The molecule has 2 aromatic carbocycles. The van der Waals surface area contributed by atoms with Crippen LogP contribution in [0.5, 0.6) is 5.75 Å². The molecule has 216 valence electrons. The number of benzene rings is 2. The Morgan fingerprint density at radius 3 is 2.59 bits per heavy atom. The standard InChI is InChI=1S/C32H36FN3O5/c1-18-7-6-10-24(19(18)2)35-30(38)28-32-16-15-25(41-32)26(29(37)34-21-11-13-22(40-3)14-12-21)27(32)31(39)36(28)17-20-8-4-5-9-23(20)33/h4-5,8-9,11-16,18-19,24-28H,6-7,10,17H2,1-3H3,(H,34,37)(H,35,38)/t18-,19-,24+,25-,26+,27-,28-,32-/m0/s1. The van der Waals surface area contributed by atoms with Crippen LogP contribution in [0.3, 0.4) is 0 Å². The molecule has 0 unspecified atom stereocenters. The summed E-state index contributed by atoms with van der Waals surface area (Å²) in [6.45, 7) is 4.23. The van der Waals surface area contributed by atoms with Crippen molar-refractivity contribution in [2.75, 3.05) is 12.4 Å². The van der Waals surface area contributed by atoms with E-state index in [0.717, 1.165) is 19.3 Å². The summed E-state index contributed by atoms with van der Waals surface area (Å²) < 4.78 is 26.4. The highest BCUT2D eigenvalue weighted by molar-refractivity contribution is 6.02. The Labute approximate surface area is 239 Å². The van der Waals surface area contributed by atoms with Gasteiger partial charge in [0.05, 0.1) is 25.0 Å². The average Bonchev–Trinajstić information content (AvgIpc) is 3.60. The minimum absolute atomic E-state index is 0.0381. The molecule has 8 nitrogen and oxygen atoms in total. The van der Waals surface area contributed by atoms with Crippen LogP contribution in [0.2, 0.25) is 0 Å². The van der Waals surface area contributed by atoms with Crippen molar-refractivity contribution in [3.8, 4) is 5.75 Å². The fourth-order valence-corrected chi connectivity index (χ4v) is 7.20. The third-order valence-corrected chi connectivity index (χ3v) is 9.62. The zero-order chi connectivity index (χ0) is 28.9. The summed E-state index contributed by atoms with van der Waals surface area (Å²) in [5.41, 5.74) is -0.463. The van der Waals surface area contributed by atoms with Crippen molar-refractivity contribution in [1.29, 1.82) is 0 Å². The molecule has 1 spiro atoms. The molecular weight excluding hydrogens is 525 g/mol. The molecule has 2 aromatic rings. The number of amides is 3. The zero-order valence-electron chi connectivity index (χ0n) is 23.5. The number of carbonyl (C=O) groups is 3. The van der Waals surface area contributed by atoms with Gasteiger partial charge in [-0.15, -0.1) is 0 Å². The van der Waals surface area contributed by atoms with Crippen LogP contribution in [-0.4, -0.2) is 53.5 Å². The highest BCUT2D eigenvalue weighted by Crippen LogP contribution is 2.55. The lowest BCUT2D eigenvalue weighted by molar-refractivity contribution is -0.142. The minimum atomic E-state index is -1.32. The highest BCUT2D eigenvalue weighted by atomic mass is 19.1. The molecule has 3 amide bonds. The van der Waals surface area contributed by atoms with Crippen LogP contribution in [0, 0.1) is 29.5 Å². The van der Waals surface area contributed by atoms with Gasteiger partial charge in [-0.1, -0.05) is 57.0 Å². The summed E-state index contributed by atoms with van der Waals surface area (Å²) >= 11 is 0. The molecule has 3 fully saturated rings. The number of nitrogens with one attached hydrogen (secondary N) is 2. The molecule has 2 bridgehead atoms. The van der Waals surface area contributed by atoms with E-state index in [9.17, 15) is 18.8 Å². The van der Waals surface area contributed by atoms with Gasteiger partial charge >= 0.3 is 0 Å². The Morgan fingerprint density at radius 2 is 1.85 bits per heavy atom. The second-order valence-corrected chi connectivity index (χ2v) is 11.9. The van der Waals surface area contributed by atoms with Crippen molar-refractivity contribution in [3.63, 3.8) is 0 Å². The van der Waals surface area contributed by atoms with Gasteiger partial charge in [-0.2, -0.15) is 0 Å². The number of ether oxygens (including phenoxy) is 2. The first-order valence-electron chi connectivity index (χ1n) is 14.4. The first-order chi connectivity index (χ1) is 19.7. The molecule has 9 heteroatoms. The summed E-state index contributed by atoms with van der Waals surface area (Å²) in [6.07, 6.45) is 5.88. The largest absolute Gasteiger partial charge is 0.497 e. The predicted molar refractivity (Wildman–Crippen MR) is 150 cm³/mol. The third kappa shape index (κ3) is 4.60. The first-order valence-corrected chi connectivity index (χ1v) is 14.4. The summed E-state index contributed by atoms with van der Waals surface area (Å²) in [6, 6.07) is 12.1. The Morgan fingerprint density at radius 1 is 1.10 bits per heavy atom. The number of hydrogen-bond acceptors (Lipinski definition) is 5. The number of rotatable bonds is 7. The monoisotopic (exact) mass is 561 g/mol. The van der Waals surface area contributed by atoms with Crippen LogP contribution in [-0.2, 0) is 25.7 Å². The average molecular weight is 562 g/mol. The number of halogens is 1. The van der Waals surface area contributed by atoms with E-state index in [-0.39, 0.29) is 36.2 Å². The van der Waals surface area contributed by atoms with Gasteiger partial charge in [-0.05, 0) is 48.6 Å². The van der Waals surface area contributed by atoms with Gasteiger partial charge in [-0.25, -0.2) is 4.39 Å². The maximum Gasteiger partial charge on any atom is 0.246 e. The van der Waals surface area contributed by atoms with Crippen molar-refractivity contribution < 1.29 is 28.2 Å². The van der Waals surface area contributed by atoms with E-state index < -0.39 is 35.4 Å². The fraction of sp³-hybridized carbons (Fsp3) is 0.469. The van der Waals surface area contributed by atoms with Gasteiger partial charge in [0.15, 0.2) is 0 Å². The van der Waals surface area contributed by atoms with Gasteiger partial charge in [0.25, 0.3) is 0 Å². The highest BCUT2D eigenvalue weighted by Gasteiger charge is 2.72. The van der Waals surface area contributed by atoms with E-state index in [1.54, 1.807) is 61.7 Å². The third-order valence-electron chi connectivity index (χ3n) is 9.62. The molecule has 3 aliphatic heterocycles. The van der Waals surface area contributed by atoms with Crippen LogP contribution in [0.25, 0.3) is 0 Å². The van der Waals surface area contributed by atoms with E-state index in [4.69, 9.17) is 9.47 Å². The molecule has 0 radical (unpaired) electrons. The second-order valence-electron chi connectivity index (χ2n) is 11.9. The van der Waals surface area contributed by atoms with Crippen LogP contribution in [0.15, 0.2) is 60.7 Å². The van der Waals surface area contributed by atoms with Crippen molar-refractivity contribution in [2.45, 2.75) is 63.4 Å². The normalized spacial score (nSPS) is 33.5. The van der Waals surface area contributed by atoms with Gasteiger partial charge in [-0.3, -0.25) is 14.4 Å². The quantitative estimate of drug-likeness (QED) is 0.497. The maximum absolute atomic E-state index is 14.8. The molecule has 2 saturated heterocycles. The number of likely N-dealkylation sites (tertiary alicyclic amines) is 1. The fourth-order valence-electron chi connectivity index (χ4n) is 7.20. The number of nitrogens with zero attached hydrogens (tertiary/aromatic N) is 1. The number of anilines is 1. The van der Waals surface area contributed by atoms with E-state index >= 15 is 0 Å². The molecule has 41 heavy (non-hydrogen) atoms. The second kappa shape index (κ2) is 10.6. The van der Waals surface area contributed by atoms with E-state index in [1.165, 1.54) is 11.0 Å². The topological polar surface area (TPSA) is 97.0 Å². The molecule has 1 saturated carbocycles. The smallest absolute Gasteiger partial charge is 0.246 e. The van der Waals surface area contributed by atoms with Crippen LogP contribution in [0.1, 0.15) is 38.7 Å². The van der Waals surface area contributed by atoms with Crippen molar-refractivity contribution in [2.24, 2.45) is 23.7 Å². The number of hydrogen-bond donors (Lipinski definition) is 2. The van der Waals surface area contributed by atoms with Gasteiger partial charge < -0.3 is 25.0 Å². The summed E-state index contributed by atoms with van der Waals surface area (Å²) in [5, 5.41) is 6.13. The van der Waals surface area contributed by atoms with Gasteiger partial charge in [0.1, 0.15) is 23.2 Å². The first kappa shape index (κ1) is 27.4. The van der Waals surface area contributed by atoms with Crippen molar-refractivity contribution in [3.05, 3.63) is 72.1 Å². The lowest BCUT2D eigenvalue weighted by Crippen LogP contribution is -2.57. The molecule has 0 aromatic heterocycles. The number of fused-ring (bicyclic) bond motifs is 1. The minimum Gasteiger partial charge on any atom is -0.497 e. The molecule has 2 N–H and O–H groups in total. The van der Waals surface area contributed by atoms with E-state index in [1.807, 2.05) is 0 Å². The SMILES string of the molecule is COc1ccc(NC(=O)[C@@H]2[C@@H]3C=C[C@]4(O3)[C@@H]2C(=O)N(Cc2ccccc2F)[C@H]4C(=O)N[C@@H]2CCC[C@H](C)[C@@H]2C)cc1. The molecule has 4 aliphatic rings. The molecule has 8 atom stereocenters. The van der Waals surface area contributed by atoms with Gasteiger partial charge in [0.2, 0.25) is 17.7 Å². The summed E-state index contributed by atoms with van der Waals surface area (Å²) in [7, 11) is 1.56. The van der Waals surface area contributed by atoms with E-state index in [0.29, 0.717) is 22.9 Å². The maximum atomic E-state index is 14.8. The van der Waals surface area contributed by atoms with E-state index in [2.05, 4.69) is 24.5 Å². The van der Waals surface area contributed by atoms with Crippen molar-refractivity contribution in [1.82, 2.24) is 10.2 Å². The lowest BCUT2D eigenvalue weighted by atomic mass is 9.73. The summed E-state index contributed by atoms with van der Waals surface area (Å²) in [5.74, 6) is -1.92. The Bertz CT molecular complexity index is 1380. The number of carbonyl (C=O) groups excluding carboxylic acids is 3. The molecule has 3 heterocycles. The zero-order valence-corrected chi connectivity index (χ0v) is 23.5. The van der Waals surface area contributed by atoms with Crippen LogP contribution < -0.4 is 15.4 Å². The van der Waals surface area contributed by atoms with Crippen LogP contribution >= 0.6 is 0 Å². The molecular formula is C32H36FN3O5. The summed E-state index contributed by atoms with van der Waals surface area (Å²) in [4.78, 5) is 43.4. The van der Waals surface area contributed by atoms with Crippen molar-refractivity contribution >= 4 is 23.4 Å². The Hall–Kier alpha value is -3.72. The van der Waals surface area contributed by atoms with Crippen LogP contribution in [0.4, 0.5) is 10.1 Å². The molecule has 1 aliphatic carbocycles.